The van der Waals surface area contributed by atoms with Gasteiger partial charge in [-0.2, -0.15) is 0 Å². The number of phenolic OH excluding ortho intramolecular Hbond substituents is 1. The summed E-state index contributed by atoms with van der Waals surface area (Å²) in [7, 11) is 0. The van der Waals surface area contributed by atoms with Crippen LogP contribution in [0.4, 0.5) is 0 Å². The van der Waals surface area contributed by atoms with Crippen molar-refractivity contribution < 1.29 is 5.11 Å². The van der Waals surface area contributed by atoms with E-state index in [4.69, 9.17) is 0 Å². The minimum absolute atomic E-state index is 0.324. The first-order valence-electron chi connectivity index (χ1n) is 4.47. The average Bonchev–Trinajstić information content (AvgIpc) is 2.25. The highest BCUT2D eigenvalue weighted by molar-refractivity contribution is 9.10. The summed E-state index contributed by atoms with van der Waals surface area (Å²) in [5.41, 5.74) is 0. The summed E-state index contributed by atoms with van der Waals surface area (Å²) in [6.45, 7) is 0. The van der Waals surface area contributed by atoms with E-state index in [1.165, 1.54) is 0 Å². The normalized spacial score (nSPS) is 10.2. The number of aromatic hydroxyl groups is 1. The zero-order valence-electron chi connectivity index (χ0n) is 7.85. The van der Waals surface area contributed by atoms with Gasteiger partial charge in [-0.1, -0.05) is 39.8 Å². The average molecular weight is 281 g/mol. The van der Waals surface area contributed by atoms with E-state index >= 15 is 0 Å². The van der Waals surface area contributed by atoms with Crippen molar-refractivity contribution in [3.63, 3.8) is 0 Å². The van der Waals surface area contributed by atoms with Crippen molar-refractivity contribution in [3.05, 3.63) is 53.0 Å². The van der Waals surface area contributed by atoms with Crippen LogP contribution in [0.1, 0.15) is 0 Å². The molecule has 2 aromatic carbocycles. The standard InChI is InChI=1S/C12H9BrOS/c13-9-5-7-10(8-6-9)15-12-4-2-1-3-11(12)14/h1-8,14H. The summed E-state index contributed by atoms with van der Waals surface area (Å²) in [6.07, 6.45) is 0. The highest BCUT2D eigenvalue weighted by Crippen LogP contribution is 2.34. The minimum Gasteiger partial charge on any atom is -0.507 e. The van der Waals surface area contributed by atoms with Crippen molar-refractivity contribution in [2.45, 2.75) is 9.79 Å². The Hall–Kier alpha value is -0.930. The molecule has 1 N–H and O–H groups in total. The second-order valence-electron chi connectivity index (χ2n) is 3.02. The molecule has 0 amide bonds. The van der Waals surface area contributed by atoms with Crippen molar-refractivity contribution in [1.82, 2.24) is 0 Å². The maximum absolute atomic E-state index is 9.60. The van der Waals surface area contributed by atoms with Gasteiger partial charge in [0.1, 0.15) is 5.75 Å². The molecule has 2 rings (SSSR count). The lowest BCUT2D eigenvalue weighted by atomic mass is 10.3. The van der Waals surface area contributed by atoms with Gasteiger partial charge in [-0.05, 0) is 36.4 Å². The van der Waals surface area contributed by atoms with Crippen LogP contribution in [0.25, 0.3) is 0 Å². The zero-order valence-corrected chi connectivity index (χ0v) is 10.3. The largest absolute Gasteiger partial charge is 0.507 e. The van der Waals surface area contributed by atoms with Crippen molar-refractivity contribution in [2.24, 2.45) is 0 Å². The van der Waals surface area contributed by atoms with Gasteiger partial charge in [0.15, 0.2) is 0 Å². The third-order valence-corrected chi connectivity index (χ3v) is 3.51. The Labute approximate surface area is 101 Å². The minimum atomic E-state index is 0.324. The molecule has 0 spiro atoms. The smallest absolute Gasteiger partial charge is 0.129 e. The van der Waals surface area contributed by atoms with Crippen molar-refractivity contribution >= 4 is 27.7 Å². The number of halogens is 1. The van der Waals surface area contributed by atoms with Crippen LogP contribution in [-0.2, 0) is 0 Å². The summed E-state index contributed by atoms with van der Waals surface area (Å²) >= 11 is 4.94. The van der Waals surface area contributed by atoms with Crippen LogP contribution in [-0.4, -0.2) is 5.11 Å². The van der Waals surface area contributed by atoms with Crippen molar-refractivity contribution in [1.29, 1.82) is 0 Å². The number of hydrogen-bond donors (Lipinski definition) is 1. The molecule has 2 aromatic rings. The van der Waals surface area contributed by atoms with Gasteiger partial charge < -0.3 is 5.11 Å². The Morgan fingerprint density at radius 2 is 1.60 bits per heavy atom. The molecule has 0 heterocycles. The summed E-state index contributed by atoms with van der Waals surface area (Å²) in [4.78, 5) is 1.99. The fraction of sp³-hybridized carbons (Fsp3) is 0. The molecule has 0 radical (unpaired) electrons. The molecule has 0 aromatic heterocycles. The molecule has 0 aliphatic rings. The molecule has 0 unspecified atom stereocenters. The summed E-state index contributed by atoms with van der Waals surface area (Å²) in [6, 6.07) is 15.3. The Kier molecular flexibility index (Phi) is 3.34. The van der Waals surface area contributed by atoms with E-state index in [1.54, 1.807) is 17.8 Å². The van der Waals surface area contributed by atoms with Gasteiger partial charge in [0.2, 0.25) is 0 Å². The molecule has 0 aliphatic carbocycles. The summed E-state index contributed by atoms with van der Waals surface area (Å²) < 4.78 is 1.06. The summed E-state index contributed by atoms with van der Waals surface area (Å²) in [5.74, 6) is 0.324. The van der Waals surface area contributed by atoms with E-state index in [-0.39, 0.29) is 0 Å². The van der Waals surface area contributed by atoms with E-state index in [0.29, 0.717) is 5.75 Å². The lowest BCUT2D eigenvalue weighted by Gasteiger charge is -2.03. The molecule has 1 nitrogen and oxygen atoms in total. The first-order chi connectivity index (χ1) is 7.25. The first-order valence-corrected chi connectivity index (χ1v) is 6.08. The molecular weight excluding hydrogens is 272 g/mol. The van der Waals surface area contributed by atoms with Crippen molar-refractivity contribution in [3.8, 4) is 5.75 Å². The van der Waals surface area contributed by atoms with Crippen LogP contribution in [0.5, 0.6) is 5.75 Å². The number of para-hydroxylation sites is 1. The molecule has 3 heteroatoms. The van der Waals surface area contributed by atoms with Gasteiger partial charge in [0, 0.05) is 9.37 Å². The van der Waals surface area contributed by atoms with Gasteiger partial charge in [-0.3, -0.25) is 0 Å². The van der Waals surface area contributed by atoms with Crippen LogP contribution in [0, 0.1) is 0 Å². The summed E-state index contributed by atoms with van der Waals surface area (Å²) in [5, 5.41) is 9.60. The van der Waals surface area contributed by atoms with E-state index in [9.17, 15) is 5.11 Å². The van der Waals surface area contributed by atoms with Gasteiger partial charge >= 0.3 is 0 Å². The van der Waals surface area contributed by atoms with Crippen LogP contribution in [0.3, 0.4) is 0 Å². The van der Waals surface area contributed by atoms with Crippen LogP contribution in [0.15, 0.2) is 62.8 Å². The molecule has 0 atom stereocenters. The molecular formula is C12H9BrOS. The van der Waals surface area contributed by atoms with Crippen LogP contribution >= 0.6 is 27.7 Å². The third-order valence-electron chi connectivity index (χ3n) is 1.91. The van der Waals surface area contributed by atoms with Gasteiger partial charge in [0.25, 0.3) is 0 Å². The fourth-order valence-electron chi connectivity index (χ4n) is 1.17. The molecule has 0 aliphatic heterocycles. The topological polar surface area (TPSA) is 20.2 Å². The molecule has 0 saturated carbocycles. The van der Waals surface area contributed by atoms with E-state index in [2.05, 4.69) is 15.9 Å². The highest BCUT2D eigenvalue weighted by Gasteiger charge is 2.01. The SMILES string of the molecule is Oc1ccccc1Sc1ccc(Br)cc1. The monoisotopic (exact) mass is 280 g/mol. The Balaban J connectivity index is 2.22. The predicted octanol–water partition coefficient (Wildman–Crippen LogP) is 4.31. The van der Waals surface area contributed by atoms with Gasteiger partial charge in [-0.15, -0.1) is 0 Å². The van der Waals surface area contributed by atoms with Crippen LogP contribution in [0.2, 0.25) is 0 Å². The molecule has 0 saturated heterocycles. The zero-order chi connectivity index (χ0) is 10.7. The molecule has 0 bridgehead atoms. The van der Waals surface area contributed by atoms with E-state index in [0.717, 1.165) is 14.3 Å². The first kappa shape index (κ1) is 10.6. The number of benzene rings is 2. The lowest BCUT2D eigenvalue weighted by Crippen LogP contribution is -1.74. The lowest BCUT2D eigenvalue weighted by molar-refractivity contribution is 0.462. The number of rotatable bonds is 2. The molecule has 76 valence electrons. The maximum Gasteiger partial charge on any atom is 0.129 e. The van der Waals surface area contributed by atoms with Gasteiger partial charge in [-0.25, -0.2) is 0 Å². The number of hydrogen-bond acceptors (Lipinski definition) is 2. The Bertz CT molecular complexity index is 453. The van der Waals surface area contributed by atoms with Crippen LogP contribution < -0.4 is 0 Å². The second kappa shape index (κ2) is 4.73. The third kappa shape index (κ3) is 2.76. The quantitative estimate of drug-likeness (QED) is 0.885. The molecule has 15 heavy (non-hydrogen) atoms. The molecule has 0 fully saturated rings. The Morgan fingerprint density at radius 1 is 0.933 bits per heavy atom. The van der Waals surface area contributed by atoms with E-state index < -0.39 is 0 Å². The second-order valence-corrected chi connectivity index (χ2v) is 5.05. The fourth-order valence-corrected chi connectivity index (χ4v) is 2.28. The van der Waals surface area contributed by atoms with Crippen molar-refractivity contribution in [2.75, 3.05) is 0 Å². The Morgan fingerprint density at radius 3 is 2.27 bits per heavy atom. The van der Waals surface area contributed by atoms with Gasteiger partial charge in [0.05, 0.1) is 4.90 Å². The highest BCUT2D eigenvalue weighted by atomic mass is 79.9. The number of phenols is 1. The van der Waals surface area contributed by atoms with E-state index in [1.807, 2.05) is 42.5 Å². The predicted molar refractivity (Wildman–Crippen MR) is 66.4 cm³/mol. The maximum atomic E-state index is 9.60.